The van der Waals surface area contributed by atoms with Crippen LogP contribution in [0.15, 0.2) is 4.99 Å². The van der Waals surface area contributed by atoms with E-state index in [1.165, 1.54) is 0 Å². The van der Waals surface area contributed by atoms with E-state index >= 15 is 0 Å². The zero-order chi connectivity index (χ0) is 13.3. The van der Waals surface area contributed by atoms with Gasteiger partial charge in [-0.25, -0.2) is 4.79 Å². The van der Waals surface area contributed by atoms with Gasteiger partial charge in [0.15, 0.2) is 0 Å². The minimum absolute atomic E-state index is 0.202. The van der Waals surface area contributed by atoms with Crippen molar-refractivity contribution in [3.05, 3.63) is 0 Å². The number of carbonyl (C=O) groups excluding carboxylic acids is 1. The lowest BCUT2D eigenvalue weighted by Crippen LogP contribution is -2.58. The minimum atomic E-state index is -0.346. The van der Waals surface area contributed by atoms with E-state index in [-0.39, 0.29) is 11.6 Å². The van der Waals surface area contributed by atoms with Gasteiger partial charge in [-0.15, -0.1) is 0 Å². The van der Waals surface area contributed by atoms with Crippen molar-refractivity contribution >= 4 is 11.9 Å². The van der Waals surface area contributed by atoms with Crippen molar-refractivity contribution in [3.63, 3.8) is 0 Å². The molecule has 0 aromatic heterocycles. The summed E-state index contributed by atoms with van der Waals surface area (Å²) in [6, 6.07) is -0.202. The van der Waals surface area contributed by atoms with E-state index in [0.29, 0.717) is 30.8 Å². The number of methoxy groups -OCH3 is 1. The summed E-state index contributed by atoms with van der Waals surface area (Å²) >= 11 is 0. The number of ether oxygens (including phenoxy) is 1. The standard InChI is InChI=1S/C13H23N3O2/c1-9-4-5-13(8-10(9)2)11(14)15-12(17)16(13)6-7-18-3/h9-10H,4-8H2,1-3H3,(H2,14,15,17). The molecule has 0 saturated heterocycles. The van der Waals surface area contributed by atoms with Crippen molar-refractivity contribution in [1.82, 2.24) is 4.90 Å². The van der Waals surface area contributed by atoms with E-state index in [1.807, 2.05) is 4.90 Å². The number of rotatable bonds is 3. The maximum absolute atomic E-state index is 12.0. The van der Waals surface area contributed by atoms with Crippen molar-refractivity contribution in [3.8, 4) is 0 Å². The number of amides is 2. The Morgan fingerprint density at radius 3 is 2.83 bits per heavy atom. The summed E-state index contributed by atoms with van der Waals surface area (Å²) < 4.78 is 5.08. The number of nitrogens with two attached hydrogens (primary N) is 1. The van der Waals surface area contributed by atoms with Crippen LogP contribution in [0.5, 0.6) is 0 Å². The number of urea groups is 1. The van der Waals surface area contributed by atoms with Gasteiger partial charge in [0.2, 0.25) is 0 Å². The first-order chi connectivity index (χ1) is 8.51. The molecule has 3 unspecified atom stereocenters. The van der Waals surface area contributed by atoms with Gasteiger partial charge in [0.25, 0.3) is 0 Å². The van der Waals surface area contributed by atoms with Crippen molar-refractivity contribution in [1.29, 1.82) is 0 Å². The molecule has 0 bridgehead atoms. The van der Waals surface area contributed by atoms with Crippen LogP contribution in [-0.2, 0) is 4.74 Å². The molecule has 0 radical (unpaired) electrons. The third-order valence-electron chi connectivity index (χ3n) is 4.60. The van der Waals surface area contributed by atoms with Gasteiger partial charge in [0, 0.05) is 13.7 Å². The lowest BCUT2D eigenvalue weighted by Gasteiger charge is -2.45. The number of hydrogen-bond donors (Lipinski definition) is 1. The predicted molar refractivity (Wildman–Crippen MR) is 70.5 cm³/mol. The Labute approximate surface area is 108 Å². The van der Waals surface area contributed by atoms with Crippen LogP contribution in [0.1, 0.15) is 33.1 Å². The highest BCUT2D eigenvalue weighted by Gasteiger charge is 2.51. The molecule has 3 atom stereocenters. The van der Waals surface area contributed by atoms with Gasteiger partial charge >= 0.3 is 6.03 Å². The minimum Gasteiger partial charge on any atom is -0.385 e. The Morgan fingerprint density at radius 2 is 2.22 bits per heavy atom. The Balaban J connectivity index is 2.21. The molecule has 1 heterocycles. The zero-order valence-electron chi connectivity index (χ0n) is 11.5. The van der Waals surface area contributed by atoms with Crippen LogP contribution < -0.4 is 5.73 Å². The van der Waals surface area contributed by atoms with Gasteiger partial charge in [0.05, 0.1) is 6.61 Å². The van der Waals surface area contributed by atoms with Crippen LogP contribution in [-0.4, -0.2) is 42.6 Å². The molecule has 5 nitrogen and oxygen atoms in total. The largest absolute Gasteiger partial charge is 0.385 e. The van der Waals surface area contributed by atoms with Crippen molar-refractivity contribution in [2.45, 2.75) is 38.6 Å². The number of hydrogen-bond acceptors (Lipinski definition) is 3. The third-order valence-corrected chi connectivity index (χ3v) is 4.60. The molecule has 2 N–H and O–H groups in total. The molecule has 1 saturated carbocycles. The highest BCUT2D eigenvalue weighted by Crippen LogP contribution is 2.42. The number of nitrogens with zero attached hydrogens (tertiary/aromatic N) is 2. The molecule has 0 aromatic carbocycles. The smallest absolute Gasteiger partial charge is 0.346 e. The van der Waals surface area contributed by atoms with E-state index < -0.39 is 0 Å². The lowest BCUT2D eigenvalue weighted by molar-refractivity contribution is 0.0773. The molecule has 2 rings (SSSR count). The second-order valence-electron chi connectivity index (χ2n) is 5.65. The first-order valence-electron chi connectivity index (χ1n) is 6.66. The highest BCUT2D eigenvalue weighted by molar-refractivity contribution is 6.05. The molecule has 2 aliphatic rings. The third kappa shape index (κ3) is 2.00. The maximum atomic E-state index is 12.0. The van der Waals surface area contributed by atoms with Gasteiger partial charge < -0.3 is 15.4 Å². The lowest BCUT2D eigenvalue weighted by atomic mass is 9.70. The molecule has 5 heteroatoms. The number of aliphatic imine (C=N–C) groups is 1. The molecule has 1 aliphatic heterocycles. The van der Waals surface area contributed by atoms with Gasteiger partial charge in [0.1, 0.15) is 11.4 Å². The van der Waals surface area contributed by atoms with E-state index in [2.05, 4.69) is 18.8 Å². The summed E-state index contributed by atoms with van der Waals surface area (Å²) in [7, 11) is 1.64. The monoisotopic (exact) mass is 253 g/mol. The summed E-state index contributed by atoms with van der Waals surface area (Å²) in [5.41, 5.74) is 5.71. The zero-order valence-corrected chi connectivity index (χ0v) is 11.5. The average Bonchev–Trinajstić information content (AvgIpc) is 2.54. The predicted octanol–water partition coefficient (Wildman–Crippen LogP) is 1.62. The van der Waals surface area contributed by atoms with Crippen LogP contribution in [0.4, 0.5) is 4.79 Å². The molecule has 2 amide bonds. The highest BCUT2D eigenvalue weighted by atomic mass is 16.5. The summed E-state index contributed by atoms with van der Waals surface area (Å²) in [6.45, 7) is 5.60. The first kappa shape index (κ1) is 13.3. The SMILES string of the molecule is COCCN1C(=O)N=C(N)C12CCC(C)C(C)C2. The first-order valence-corrected chi connectivity index (χ1v) is 6.66. The normalized spacial score (nSPS) is 36.3. The molecule has 18 heavy (non-hydrogen) atoms. The molecule has 1 spiro atoms. The molecule has 0 aromatic rings. The fourth-order valence-electron chi connectivity index (χ4n) is 3.15. The molecule has 1 fully saturated rings. The summed E-state index contributed by atoms with van der Waals surface area (Å²) in [5.74, 6) is 1.74. The summed E-state index contributed by atoms with van der Waals surface area (Å²) in [5, 5.41) is 0. The van der Waals surface area contributed by atoms with Gasteiger partial charge in [-0.3, -0.25) is 0 Å². The van der Waals surface area contributed by atoms with E-state index in [0.717, 1.165) is 19.3 Å². The van der Waals surface area contributed by atoms with E-state index in [4.69, 9.17) is 10.5 Å². The van der Waals surface area contributed by atoms with Crippen LogP contribution in [0.2, 0.25) is 0 Å². The number of carbonyl (C=O) groups is 1. The van der Waals surface area contributed by atoms with Crippen LogP contribution >= 0.6 is 0 Å². The van der Waals surface area contributed by atoms with E-state index in [1.54, 1.807) is 7.11 Å². The van der Waals surface area contributed by atoms with Crippen LogP contribution in [0.25, 0.3) is 0 Å². The fourth-order valence-corrected chi connectivity index (χ4v) is 3.15. The summed E-state index contributed by atoms with van der Waals surface area (Å²) in [4.78, 5) is 17.8. The second-order valence-corrected chi connectivity index (χ2v) is 5.65. The molecular formula is C13H23N3O2. The van der Waals surface area contributed by atoms with Crippen LogP contribution in [0.3, 0.4) is 0 Å². The summed E-state index contributed by atoms with van der Waals surface area (Å²) in [6.07, 6.45) is 2.93. The van der Waals surface area contributed by atoms with Gasteiger partial charge in [-0.2, -0.15) is 4.99 Å². The van der Waals surface area contributed by atoms with Crippen molar-refractivity contribution in [2.24, 2.45) is 22.6 Å². The Hall–Kier alpha value is -1.10. The maximum Gasteiger partial charge on any atom is 0.346 e. The molecule has 1 aliphatic carbocycles. The van der Waals surface area contributed by atoms with Gasteiger partial charge in [-0.1, -0.05) is 13.8 Å². The van der Waals surface area contributed by atoms with Gasteiger partial charge in [-0.05, 0) is 31.1 Å². The molecular weight excluding hydrogens is 230 g/mol. The fraction of sp³-hybridized carbons (Fsp3) is 0.846. The topological polar surface area (TPSA) is 67.9 Å². The van der Waals surface area contributed by atoms with E-state index in [9.17, 15) is 4.79 Å². The van der Waals surface area contributed by atoms with Crippen molar-refractivity contribution in [2.75, 3.05) is 20.3 Å². The van der Waals surface area contributed by atoms with Crippen molar-refractivity contribution < 1.29 is 9.53 Å². The Morgan fingerprint density at radius 1 is 1.50 bits per heavy atom. The Bertz CT molecular complexity index is 369. The number of amidine groups is 1. The quantitative estimate of drug-likeness (QED) is 0.831. The second kappa shape index (κ2) is 4.88. The molecule has 102 valence electrons. The average molecular weight is 253 g/mol. The van der Waals surface area contributed by atoms with Crippen LogP contribution in [0, 0.1) is 11.8 Å². The Kier molecular flexibility index (Phi) is 3.61.